The van der Waals surface area contributed by atoms with Gasteiger partial charge < -0.3 is 11.1 Å². The first-order chi connectivity index (χ1) is 9.63. The molecule has 3 aromatic rings. The van der Waals surface area contributed by atoms with Crippen LogP contribution in [0.4, 0.5) is 11.8 Å². The summed E-state index contributed by atoms with van der Waals surface area (Å²) in [7, 11) is 0. The molecule has 5 heteroatoms. The van der Waals surface area contributed by atoms with E-state index in [1.165, 1.54) is 9.75 Å². The van der Waals surface area contributed by atoms with Crippen LogP contribution >= 0.6 is 11.3 Å². The Bertz CT molecular complexity index is 750. The van der Waals surface area contributed by atoms with Gasteiger partial charge in [-0.25, -0.2) is 4.98 Å². The Balaban J connectivity index is 1.98. The van der Waals surface area contributed by atoms with Crippen molar-refractivity contribution in [2.75, 3.05) is 11.1 Å². The van der Waals surface area contributed by atoms with Crippen LogP contribution in [0.1, 0.15) is 22.7 Å². The fourth-order valence-corrected chi connectivity index (χ4v) is 3.05. The SMILES string of the molecule is Cc1ccc(C(C)Nc2nc(N)nc3ccccc23)s1. The summed E-state index contributed by atoms with van der Waals surface area (Å²) in [6.07, 6.45) is 0. The predicted octanol–water partition coefficient (Wildman–Crippen LogP) is 3.76. The minimum absolute atomic E-state index is 0.186. The van der Waals surface area contributed by atoms with E-state index < -0.39 is 0 Å². The third kappa shape index (κ3) is 2.44. The molecule has 2 aromatic heterocycles. The van der Waals surface area contributed by atoms with Crippen molar-refractivity contribution in [2.45, 2.75) is 19.9 Å². The van der Waals surface area contributed by atoms with Gasteiger partial charge in [-0.15, -0.1) is 11.3 Å². The van der Waals surface area contributed by atoms with Gasteiger partial charge in [-0.05, 0) is 38.1 Å². The molecule has 0 radical (unpaired) electrons. The van der Waals surface area contributed by atoms with Gasteiger partial charge >= 0.3 is 0 Å². The smallest absolute Gasteiger partial charge is 0.222 e. The van der Waals surface area contributed by atoms with Crippen molar-refractivity contribution in [3.05, 3.63) is 46.2 Å². The highest BCUT2D eigenvalue weighted by Gasteiger charge is 2.11. The first-order valence-electron chi connectivity index (χ1n) is 6.48. The Morgan fingerprint density at radius 1 is 1.15 bits per heavy atom. The van der Waals surface area contributed by atoms with Crippen LogP contribution in [-0.4, -0.2) is 9.97 Å². The minimum Gasteiger partial charge on any atom is -0.368 e. The average molecular weight is 284 g/mol. The quantitative estimate of drug-likeness (QED) is 0.768. The second-order valence-corrected chi connectivity index (χ2v) is 6.08. The third-order valence-electron chi connectivity index (χ3n) is 3.16. The van der Waals surface area contributed by atoms with Crippen molar-refractivity contribution in [1.29, 1.82) is 0 Å². The molecule has 3 rings (SSSR count). The lowest BCUT2D eigenvalue weighted by Gasteiger charge is -2.15. The molecule has 3 N–H and O–H groups in total. The van der Waals surface area contributed by atoms with E-state index in [1.807, 2.05) is 24.3 Å². The van der Waals surface area contributed by atoms with E-state index in [0.717, 1.165) is 16.7 Å². The van der Waals surface area contributed by atoms with Gasteiger partial charge in [0.15, 0.2) is 0 Å². The summed E-state index contributed by atoms with van der Waals surface area (Å²) < 4.78 is 0. The molecule has 0 amide bonds. The van der Waals surface area contributed by atoms with Gasteiger partial charge in [-0.1, -0.05) is 12.1 Å². The van der Waals surface area contributed by atoms with Crippen molar-refractivity contribution < 1.29 is 0 Å². The maximum Gasteiger partial charge on any atom is 0.222 e. The van der Waals surface area contributed by atoms with Crippen molar-refractivity contribution in [1.82, 2.24) is 9.97 Å². The molecular formula is C15H16N4S. The largest absolute Gasteiger partial charge is 0.368 e. The first kappa shape index (κ1) is 12.9. The Kier molecular flexibility index (Phi) is 3.28. The normalized spacial score (nSPS) is 12.5. The summed E-state index contributed by atoms with van der Waals surface area (Å²) in [5.74, 6) is 1.08. The highest BCUT2D eigenvalue weighted by atomic mass is 32.1. The zero-order valence-corrected chi connectivity index (χ0v) is 12.2. The molecule has 4 nitrogen and oxygen atoms in total. The Labute approximate surface area is 121 Å². The minimum atomic E-state index is 0.186. The number of nitrogen functional groups attached to an aromatic ring is 1. The third-order valence-corrected chi connectivity index (χ3v) is 4.35. The molecule has 0 aliphatic carbocycles. The number of aromatic nitrogens is 2. The molecule has 2 heterocycles. The van der Waals surface area contributed by atoms with Gasteiger partial charge in [-0.2, -0.15) is 4.98 Å². The number of para-hydroxylation sites is 1. The Morgan fingerprint density at radius 2 is 1.95 bits per heavy atom. The second kappa shape index (κ2) is 5.09. The lowest BCUT2D eigenvalue weighted by molar-refractivity contribution is 0.899. The van der Waals surface area contributed by atoms with Crippen molar-refractivity contribution in [3.8, 4) is 0 Å². The summed E-state index contributed by atoms with van der Waals surface area (Å²) >= 11 is 1.79. The summed E-state index contributed by atoms with van der Waals surface area (Å²) in [5.41, 5.74) is 6.64. The fraction of sp³-hybridized carbons (Fsp3) is 0.200. The van der Waals surface area contributed by atoms with Crippen LogP contribution < -0.4 is 11.1 Å². The summed E-state index contributed by atoms with van der Waals surface area (Å²) in [4.78, 5) is 11.2. The number of thiophene rings is 1. The number of rotatable bonds is 3. The van der Waals surface area contributed by atoms with Crippen LogP contribution in [-0.2, 0) is 0 Å². The van der Waals surface area contributed by atoms with E-state index in [9.17, 15) is 0 Å². The highest BCUT2D eigenvalue weighted by molar-refractivity contribution is 7.12. The van der Waals surface area contributed by atoms with E-state index in [0.29, 0.717) is 5.95 Å². The summed E-state index contributed by atoms with van der Waals surface area (Å²) in [6.45, 7) is 4.23. The molecule has 102 valence electrons. The van der Waals surface area contributed by atoms with E-state index in [1.54, 1.807) is 11.3 Å². The highest BCUT2D eigenvalue weighted by Crippen LogP contribution is 2.28. The van der Waals surface area contributed by atoms with Crippen LogP contribution in [0.3, 0.4) is 0 Å². The number of benzene rings is 1. The van der Waals surface area contributed by atoms with E-state index in [4.69, 9.17) is 5.73 Å². The van der Waals surface area contributed by atoms with Crippen molar-refractivity contribution >= 4 is 34.0 Å². The van der Waals surface area contributed by atoms with Gasteiger partial charge in [0.2, 0.25) is 5.95 Å². The number of nitrogens with zero attached hydrogens (tertiary/aromatic N) is 2. The molecule has 0 saturated carbocycles. The zero-order valence-electron chi connectivity index (χ0n) is 11.4. The molecule has 0 fully saturated rings. The molecule has 0 aliphatic heterocycles. The monoisotopic (exact) mass is 284 g/mol. The number of hydrogen-bond acceptors (Lipinski definition) is 5. The van der Waals surface area contributed by atoms with E-state index >= 15 is 0 Å². The number of hydrogen-bond donors (Lipinski definition) is 2. The lowest BCUT2D eigenvalue weighted by Crippen LogP contribution is -2.09. The van der Waals surface area contributed by atoms with Gasteiger partial charge in [0.05, 0.1) is 11.6 Å². The maximum absolute atomic E-state index is 5.78. The molecular weight excluding hydrogens is 268 g/mol. The molecule has 0 saturated heterocycles. The van der Waals surface area contributed by atoms with Crippen molar-refractivity contribution in [2.24, 2.45) is 0 Å². The average Bonchev–Trinajstić information content (AvgIpc) is 2.85. The number of nitrogens with two attached hydrogens (primary N) is 1. The number of nitrogens with one attached hydrogen (secondary N) is 1. The van der Waals surface area contributed by atoms with Crippen LogP contribution in [0, 0.1) is 6.92 Å². The molecule has 20 heavy (non-hydrogen) atoms. The van der Waals surface area contributed by atoms with E-state index in [-0.39, 0.29) is 6.04 Å². The lowest BCUT2D eigenvalue weighted by atomic mass is 10.2. The molecule has 1 unspecified atom stereocenters. The summed E-state index contributed by atoms with van der Waals surface area (Å²) in [5, 5.41) is 4.42. The van der Waals surface area contributed by atoms with Crippen molar-refractivity contribution in [3.63, 3.8) is 0 Å². The van der Waals surface area contributed by atoms with Crippen LogP contribution in [0.15, 0.2) is 36.4 Å². The Morgan fingerprint density at radius 3 is 2.70 bits per heavy atom. The van der Waals surface area contributed by atoms with Crippen LogP contribution in [0.2, 0.25) is 0 Å². The molecule has 0 spiro atoms. The second-order valence-electron chi connectivity index (χ2n) is 4.76. The fourth-order valence-electron chi connectivity index (χ4n) is 2.17. The van der Waals surface area contributed by atoms with Crippen LogP contribution in [0.5, 0.6) is 0 Å². The zero-order chi connectivity index (χ0) is 14.1. The standard InChI is InChI=1S/C15H16N4S/c1-9-7-8-13(20-9)10(2)17-14-11-5-3-4-6-12(11)18-15(16)19-14/h3-8,10H,1-2H3,(H3,16,17,18,19). The number of aryl methyl sites for hydroxylation is 1. The van der Waals surface area contributed by atoms with Gasteiger partial charge in [0, 0.05) is 15.1 Å². The Hall–Kier alpha value is -2.14. The topological polar surface area (TPSA) is 63.8 Å². The molecule has 0 bridgehead atoms. The summed E-state index contributed by atoms with van der Waals surface area (Å²) in [6, 6.07) is 12.3. The van der Waals surface area contributed by atoms with E-state index in [2.05, 4.69) is 41.3 Å². The molecule has 1 aromatic carbocycles. The maximum atomic E-state index is 5.78. The predicted molar refractivity (Wildman–Crippen MR) is 85.0 cm³/mol. The molecule has 0 aliphatic rings. The van der Waals surface area contributed by atoms with Gasteiger partial charge in [0.25, 0.3) is 0 Å². The number of anilines is 2. The first-order valence-corrected chi connectivity index (χ1v) is 7.30. The number of fused-ring (bicyclic) bond motifs is 1. The van der Waals surface area contributed by atoms with Gasteiger partial charge in [0.1, 0.15) is 5.82 Å². The molecule has 1 atom stereocenters. The van der Waals surface area contributed by atoms with Gasteiger partial charge in [-0.3, -0.25) is 0 Å². The van der Waals surface area contributed by atoms with Crippen LogP contribution in [0.25, 0.3) is 10.9 Å².